The van der Waals surface area contributed by atoms with Crippen LogP contribution in [0.25, 0.3) is 5.69 Å². The molecule has 154 valence electrons. The predicted octanol–water partition coefficient (Wildman–Crippen LogP) is 3.52. The maximum Gasteiger partial charge on any atom is 0.256 e. The highest BCUT2D eigenvalue weighted by atomic mass is 35.5. The van der Waals surface area contributed by atoms with Crippen molar-refractivity contribution in [3.8, 4) is 5.69 Å². The van der Waals surface area contributed by atoms with E-state index in [1.807, 2.05) is 13.0 Å². The molecule has 1 saturated heterocycles. The molecule has 1 N–H and O–H groups in total. The van der Waals surface area contributed by atoms with E-state index in [1.54, 1.807) is 29.2 Å². The Morgan fingerprint density at radius 1 is 1.17 bits per heavy atom. The van der Waals surface area contributed by atoms with Crippen LogP contribution in [0.4, 0.5) is 5.69 Å². The molecule has 3 aromatic rings. The third-order valence-corrected chi connectivity index (χ3v) is 5.61. The van der Waals surface area contributed by atoms with Crippen molar-refractivity contribution in [1.29, 1.82) is 0 Å². The van der Waals surface area contributed by atoms with Crippen molar-refractivity contribution >= 4 is 40.7 Å². The second kappa shape index (κ2) is 8.41. The molecule has 1 aromatic heterocycles. The van der Waals surface area contributed by atoms with Gasteiger partial charge in [0.25, 0.3) is 5.91 Å². The van der Waals surface area contributed by atoms with Crippen LogP contribution in [-0.4, -0.2) is 49.5 Å². The fourth-order valence-electron chi connectivity index (χ4n) is 3.53. The number of hydrogen-bond acceptors (Lipinski definition) is 5. The first-order chi connectivity index (χ1) is 14.4. The highest BCUT2D eigenvalue weighted by Crippen LogP contribution is 2.27. The molecule has 0 spiro atoms. The van der Waals surface area contributed by atoms with Crippen LogP contribution in [0.15, 0.2) is 42.7 Å². The maximum atomic E-state index is 13.0. The lowest BCUT2D eigenvalue weighted by Crippen LogP contribution is -2.43. The largest absolute Gasteiger partial charge is 0.327 e. The number of aryl methyl sites for hydroxylation is 1. The molecule has 0 saturated carbocycles. The van der Waals surface area contributed by atoms with E-state index in [4.69, 9.17) is 23.2 Å². The number of nitrogens with one attached hydrogen (secondary N) is 1. The van der Waals surface area contributed by atoms with Gasteiger partial charge in [-0.3, -0.25) is 9.59 Å². The number of likely N-dealkylation sites (tertiary alicyclic amines) is 1. The van der Waals surface area contributed by atoms with E-state index in [0.29, 0.717) is 34.3 Å². The van der Waals surface area contributed by atoms with Crippen LogP contribution in [0, 0.1) is 6.92 Å². The zero-order valence-corrected chi connectivity index (χ0v) is 17.6. The summed E-state index contributed by atoms with van der Waals surface area (Å²) in [6.45, 7) is 2.40. The first kappa shape index (κ1) is 20.3. The predicted molar refractivity (Wildman–Crippen MR) is 113 cm³/mol. The standard InChI is InChI=1S/C20H18Cl2N6O2/c1-12-4-6-14(10-18(12)28-11-23-25-26-28)24-19(29)17-3-2-8-27(17)20(30)15-9-13(21)5-7-16(15)22/h4-7,9-11,17H,2-3,8H2,1H3,(H,24,29). The van der Waals surface area contributed by atoms with Gasteiger partial charge < -0.3 is 10.2 Å². The molecule has 1 aliphatic heterocycles. The first-order valence-electron chi connectivity index (χ1n) is 9.35. The van der Waals surface area contributed by atoms with Gasteiger partial charge >= 0.3 is 0 Å². The van der Waals surface area contributed by atoms with Gasteiger partial charge in [-0.2, -0.15) is 0 Å². The van der Waals surface area contributed by atoms with Gasteiger partial charge in [0.2, 0.25) is 5.91 Å². The van der Waals surface area contributed by atoms with Crippen LogP contribution in [0.2, 0.25) is 10.0 Å². The quantitative estimate of drug-likeness (QED) is 0.664. The Kier molecular flexibility index (Phi) is 5.69. The molecule has 8 nitrogen and oxygen atoms in total. The molecule has 1 aliphatic rings. The van der Waals surface area contributed by atoms with Crippen molar-refractivity contribution in [3.63, 3.8) is 0 Å². The maximum absolute atomic E-state index is 13.0. The third-order valence-electron chi connectivity index (χ3n) is 5.05. The number of halogens is 2. The van der Waals surface area contributed by atoms with Crippen LogP contribution in [0.1, 0.15) is 28.8 Å². The van der Waals surface area contributed by atoms with Gasteiger partial charge in [-0.25, -0.2) is 4.68 Å². The van der Waals surface area contributed by atoms with Crippen molar-refractivity contribution in [2.75, 3.05) is 11.9 Å². The Labute approximate surface area is 182 Å². The van der Waals surface area contributed by atoms with Gasteiger partial charge in [-0.05, 0) is 66.1 Å². The Balaban J connectivity index is 1.54. The average Bonchev–Trinajstić information content (AvgIpc) is 3.42. The molecule has 1 atom stereocenters. The fourth-order valence-corrected chi connectivity index (χ4v) is 3.90. The second-order valence-electron chi connectivity index (χ2n) is 7.03. The number of rotatable bonds is 4. The zero-order valence-electron chi connectivity index (χ0n) is 16.0. The summed E-state index contributed by atoms with van der Waals surface area (Å²) in [4.78, 5) is 27.5. The Morgan fingerprint density at radius 2 is 2.00 bits per heavy atom. The molecule has 1 fully saturated rings. The minimum Gasteiger partial charge on any atom is -0.327 e. The Hall–Kier alpha value is -2.97. The van der Waals surface area contributed by atoms with Gasteiger partial charge in [0.1, 0.15) is 12.4 Å². The molecular weight excluding hydrogens is 427 g/mol. The number of tetrazole rings is 1. The summed E-state index contributed by atoms with van der Waals surface area (Å²) >= 11 is 12.2. The number of amides is 2. The van der Waals surface area contributed by atoms with Crippen LogP contribution >= 0.6 is 23.2 Å². The van der Waals surface area contributed by atoms with Crippen molar-refractivity contribution in [2.24, 2.45) is 0 Å². The number of anilines is 1. The van der Waals surface area contributed by atoms with E-state index in [-0.39, 0.29) is 11.8 Å². The summed E-state index contributed by atoms with van der Waals surface area (Å²) in [5.41, 5.74) is 2.59. The van der Waals surface area contributed by atoms with Crippen LogP contribution in [-0.2, 0) is 4.79 Å². The smallest absolute Gasteiger partial charge is 0.256 e. The lowest BCUT2D eigenvalue weighted by atomic mass is 10.1. The second-order valence-corrected chi connectivity index (χ2v) is 7.87. The highest BCUT2D eigenvalue weighted by Gasteiger charge is 2.35. The normalized spacial score (nSPS) is 16.0. The summed E-state index contributed by atoms with van der Waals surface area (Å²) < 4.78 is 1.53. The molecule has 0 radical (unpaired) electrons. The van der Waals surface area contributed by atoms with Crippen molar-refractivity contribution < 1.29 is 9.59 Å². The lowest BCUT2D eigenvalue weighted by molar-refractivity contribution is -0.119. The molecule has 30 heavy (non-hydrogen) atoms. The number of aromatic nitrogens is 4. The SMILES string of the molecule is Cc1ccc(NC(=O)C2CCCN2C(=O)c2cc(Cl)ccc2Cl)cc1-n1cnnn1. The Morgan fingerprint density at radius 3 is 2.77 bits per heavy atom. The third kappa shape index (κ3) is 4.01. The number of nitrogens with zero attached hydrogens (tertiary/aromatic N) is 5. The number of carbonyl (C=O) groups is 2. The number of hydrogen-bond donors (Lipinski definition) is 1. The van der Waals surface area contributed by atoms with Gasteiger partial charge in [0, 0.05) is 17.3 Å². The number of benzene rings is 2. The molecule has 1 unspecified atom stereocenters. The monoisotopic (exact) mass is 444 g/mol. The van der Waals surface area contributed by atoms with Crippen molar-refractivity contribution in [1.82, 2.24) is 25.1 Å². The minimum absolute atomic E-state index is 0.259. The molecule has 2 aromatic carbocycles. The van der Waals surface area contributed by atoms with Gasteiger partial charge in [-0.15, -0.1) is 5.10 Å². The summed E-state index contributed by atoms with van der Waals surface area (Å²) in [6, 6.07) is 9.59. The van der Waals surface area contributed by atoms with E-state index >= 15 is 0 Å². The van der Waals surface area contributed by atoms with Gasteiger partial charge in [0.05, 0.1) is 16.3 Å². The van der Waals surface area contributed by atoms with E-state index < -0.39 is 6.04 Å². The van der Waals surface area contributed by atoms with E-state index in [0.717, 1.165) is 17.7 Å². The average molecular weight is 445 g/mol. The molecule has 2 heterocycles. The van der Waals surface area contributed by atoms with Gasteiger partial charge in [-0.1, -0.05) is 29.3 Å². The molecular formula is C20H18Cl2N6O2. The summed E-state index contributed by atoms with van der Waals surface area (Å²) in [5.74, 6) is -0.566. The lowest BCUT2D eigenvalue weighted by Gasteiger charge is -2.24. The van der Waals surface area contributed by atoms with E-state index in [1.165, 1.54) is 17.1 Å². The van der Waals surface area contributed by atoms with Crippen LogP contribution < -0.4 is 5.32 Å². The zero-order chi connectivity index (χ0) is 21.3. The van der Waals surface area contributed by atoms with E-state index in [2.05, 4.69) is 20.8 Å². The molecule has 10 heteroatoms. The molecule has 0 bridgehead atoms. The number of carbonyl (C=O) groups excluding carboxylic acids is 2. The molecule has 2 amide bonds. The van der Waals surface area contributed by atoms with Gasteiger partial charge in [0.15, 0.2) is 0 Å². The fraction of sp³-hybridized carbons (Fsp3) is 0.250. The summed E-state index contributed by atoms with van der Waals surface area (Å²) in [6.07, 6.45) is 2.79. The first-order valence-corrected chi connectivity index (χ1v) is 10.1. The molecule has 4 rings (SSSR count). The Bertz CT molecular complexity index is 1100. The molecule has 0 aliphatic carbocycles. The summed E-state index contributed by atoms with van der Waals surface area (Å²) in [5, 5.41) is 14.8. The summed E-state index contributed by atoms with van der Waals surface area (Å²) in [7, 11) is 0. The minimum atomic E-state index is -0.592. The highest BCUT2D eigenvalue weighted by molar-refractivity contribution is 6.35. The topological polar surface area (TPSA) is 93.0 Å². The van der Waals surface area contributed by atoms with Crippen LogP contribution in [0.3, 0.4) is 0 Å². The van der Waals surface area contributed by atoms with Crippen molar-refractivity contribution in [2.45, 2.75) is 25.8 Å². The van der Waals surface area contributed by atoms with Crippen molar-refractivity contribution in [3.05, 3.63) is 63.9 Å². The van der Waals surface area contributed by atoms with E-state index in [9.17, 15) is 9.59 Å². The van der Waals surface area contributed by atoms with Crippen LogP contribution in [0.5, 0.6) is 0 Å².